The molecule has 0 spiro atoms. The maximum Gasteiger partial charge on any atom is 0.573 e. The van der Waals surface area contributed by atoms with Gasteiger partial charge in [0.05, 0.1) is 4.47 Å². The van der Waals surface area contributed by atoms with E-state index < -0.39 is 6.36 Å². The molecule has 1 rings (SSSR count). The maximum atomic E-state index is 11.9. The van der Waals surface area contributed by atoms with Gasteiger partial charge in [0.1, 0.15) is 4.60 Å². The van der Waals surface area contributed by atoms with Crippen molar-refractivity contribution >= 4 is 54.5 Å². The van der Waals surface area contributed by atoms with Crippen molar-refractivity contribution in [2.45, 2.75) is 6.36 Å². The zero-order chi connectivity index (χ0) is 10.9. The molecule has 1 heterocycles. The summed E-state index contributed by atoms with van der Waals surface area (Å²) in [5, 5.41) is 0. The molecule has 0 fully saturated rings. The number of nitrogens with zero attached hydrogens (tertiary/aromatic N) is 1. The van der Waals surface area contributed by atoms with Crippen LogP contribution in [0.15, 0.2) is 15.3 Å². The summed E-state index contributed by atoms with van der Waals surface area (Å²) in [6.45, 7) is 0. The highest BCUT2D eigenvalue weighted by Gasteiger charge is 2.33. The molecule has 8 heteroatoms. The van der Waals surface area contributed by atoms with E-state index in [1.165, 1.54) is 6.20 Å². The van der Waals surface area contributed by atoms with Crippen LogP contribution in [0.3, 0.4) is 0 Å². The van der Waals surface area contributed by atoms with Crippen molar-refractivity contribution in [1.82, 2.24) is 4.98 Å². The van der Waals surface area contributed by atoms with Gasteiger partial charge in [-0.1, -0.05) is 0 Å². The molecule has 0 saturated carbocycles. The van der Waals surface area contributed by atoms with Crippen molar-refractivity contribution in [2.75, 3.05) is 0 Å². The highest BCUT2D eigenvalue weighted by atomic mass is 127. The van der Waals surface area contributed by atoms with Crippen LogP contribution in [-0.2, 0) is 0 Å². The minimum atomic E-state index is -4.73. The number of hydrogen-bond acceptors (Lipinski definition) is 2. The molecule has 1 aromatic rings. The van der Waals surface area contributed by atoms with Crippen LogP contribution in [0.25, 0.3) is 0 Å². The molecule has 78 valence electrons. The number of hydrogen-bond donors (Lipinski definition) is 0. The fraction of sp³-hybridized carbons (Fsp3) is 0.167. The first-order valence-electron chi connectivity index (χ1n) is 3.06. The van der Waals surface area contributed by atoms with E-state index in [0.717, 1.165) is 0 Å². The van der Waals surface area contributed by atoms with Gasteiger partial charge in [-0.2, -0.15) is 0 Å². The molecule has 0 N–H and O–H groups in total. The Hall–Kier alpha value is 0.430. The van der Waals surface area contributed by atoms with Gasteiger partial charge in [-0.15, -0.1) is 13.2 Å². The predicted octanol–water partition coefficient (Wildman–Crippen LogP) is 4.11. The summed E-state index contributed by atoms with van der Waals surface area (Å²) in [5.41, 5.74) is 0. The molecular weight excluding hydrogens is 446 g/mol. The Morgan fingerprint density at radius 3 is 2.43 bits per heavy atom. The first kappa shape index (κ1) is 12.5. The van der Waals surface area contributed by atoms with E-state index in [-0.39, 0.29) is 14.8 Å². The average Bonchev–Trinajstić information content (AvgIpc) is 2.04. The zero-order valence-corrected chi connectivity index (χ0v) is 11.5. The van der Waals surface area contributed by atoms with Crippen molar-refractivity contribution in [2.24, 2.45) is 0 Å². The highest BCUT2D eigenvalue weighted by molar-refractivity contribution is 14.1. The Morgan fingerprint density at radius 1 is 1.36 bits per heavy atom. The molecule has 14 heavy (non-hydrogen) atoms. The summed E-state index contributed by atoms with van der Waals surface area (Å²) in [6, 6.07) is 0. The van der Waals surface area contributed by atoms with E-state index in [1.54, 1.807) is 0 Å². The van der Waals surface area contributed by atoms with Gasteiger partial charge in [0, 0.05) is 9.77 Å². The first-order chi connectivity index (χ1) is 6.31. The quantitative estimate of drug-likeness (QED) is 0.478. The second-order valence-corrected chi connectivity index (χ2v) is 4.79. The second kappa shape index (κ2) is 4.52. The summed E-state index contributed by atoms with van der Waals surface area (Å²) in [7, 11) is 0. The number of aromatic nitrogens is 1. The molecule has 0 aliphatic carbocycles. The van der Waals surface area contributed by atoms with Crippen molar-refractivity contribution in [3.63, 3.8) is 0 Å². The van der Waals surface area contributed by atoms with Crippen molar-refractivity contribution in [3.05, 3.63) is 18.8 Å². The van der Waals surface area contributed by atoms with Crippen molar-refractivity contribution < 1.29 is 17.9 Å². The third-order valence-electron chi connectivity index (χ3n) is 1.11. The molecule has 0 radical (unpaired) electrons. The normalized spacial score (nSPS) is 11.6. The SMILES string of the molecule is FC(F)(F)Oc1c(Br)ncc(I)c1Br. The molecule has 0 atom stereocenters. The van der Waals surface area contributed by atoms with Crippen molar-refractivity contribution in [1.29, 1.82) is 0 Å². The minimum absolute atomic E-state index is 0.00196. The van der Waals surface area contributed by atoms with Crippen LogP contribution in [0.4, 0.5) is 13.2 Å². The summed E-state index contributed by atoms with van der Waals surface area (Å²) < 4.78 is 40.4. The van der Waals surface area contributed by atoms with Crippen LogP contribution in [0.2, 0.25) is 0 Å². The topological polar surface area (TPSA) is 22.1 Å². The molecule has 0 aliphatic heterocycles. The lowest BCUT2D eigenvalue weighted by atomic mass is 10.5. The molecule has 0 saturated heterocycles. The molecule has 0 amide bonds. The highest BCUT2D eigenvalue weighted by Crippen LogP contribution is 2.37. The third-order valence-corrected chi connectivity index (χ3v) is 4.02. The maximum absolute atomic E-state index is 11.9. The molecule has 1 aromatic heterocycles. The average molecular weight is 447 g/mol. The summed E-state index contributed by atoms with van der Waals surface area (Å²) in [4.78, 5) is 3.68. The number of alkyl halides is 3. The van der Waals surface area contributed by atoms with E-state index in [9.17, 15) is 13.2 Å². The van der Waals surface area contributed by atoms with Gasteiger partial charge < -0.3 is 4.74 Å². The molecule has 0 unspecified atom stereocenters. The van der Waals surface area contributed by atoms with Gasteiger partial charge in [-0.3, -0.25) is 0 Å². The standard InChI is InChI=1S/C6HBr2F3INO/c7-3-2(12)1-13-5(8)4(3)14-6(9,10)11/h1H. The Balaban J connectivity index is 3.13. The summed E-state index contributed by atoms with van der Waals surface area (Å²) >= 11 is 7.69. The second-order valence-electron chi connectivity index (χ2n) is 2.09. The van der Waals surface area contributed by atoms with E-state index in [1.807, 2.05) is 22.6 Å². The smallest absolute Gasteiger partial charge is 0.402 e. The van der Waals surface area contributed by atoms with Gasteiger partial charge in [-0.05, 0) is 54.5 Å². The molecular formula is C6HBr2F3INO. The molecule has 0 bridgehead atoms. The lowest BCUT2D eigenvalue weighted by Gasteiger charge is -2.12. The lowest BCUT2D eigenvalue weighted by Crippen LogP contribution is -2.18. The monoisotopic (exact) mass is 445 g/mol. The zero-order valence-electron chi connectivity index (χ0n) is 6.20. The van der Waals surface area contributed by atoms with Gasteiger partial charge in [0.25, 0.3) is 0 Å². The van der Waals surface area contributed by atoms with E-state index >= 15 is 0 Å². The van der Waals surface area contributed by atoms with Crippen LogP contribution in [0, 0.1) is 3.57 Å². The summed E-state index contributed by atoms with van der Waals surface area (Å²) in [6.07, 6.45) is -3.31. The van der Waals surface area contributed by atoms with Gasteiger partial charge >= 0.3 is 6.36 Å². The first-order valence-corrected chi connectivity index (χ1v) is 5.73. The molecule has 2 nitrogen and oxygen atoms in total. The van der Waals surface area contributed by atoms with Gasteiger partial charge in [0.2, 0.25) is 0 Å². The fourth-order valence-electron chi connectivity index (χ4n) is 0.630. The van der Waals surface area contributed by atoms with Gasteiger partial charge in [-0.25, -0.2) is 4.98 Å². The summed E-state index contributed by atoms with van der Waals surface area (Å²) in [5.74, 6) is -0.371. The Bertz CT molecular complexity index is 358. The van der Waals surface area contributed by atoms with Gasteiger partial charge in [0.15, 0.2) is 5.75 Å². The van der Waals surface area contributed by atoms with Crippen LogP contribution >= 0.6 is 54.5 Å². The number of pyridine rings is 1. The Morgan fingerprint density at radius 2 is 1.93 bits per heavy atom. The Labute approximate surface area is 108 Å². The molecule has 0 aromatic carbocycles. The minimum Gasteiger partial charge on any atom is -0.402 e. The van der Waals surface area contributed by atoms with Crippen molar-refractivity contribution in [3.8, 4) is 5.75 Å². The Kier molecular flexibility index (Phi) is 4.03. The predicted molar refractivity (Wildman–Crippen MR) is 59.0 cm³/mol. The number of halogens is 6. The number of rotatable bonds is 1. The van der Waals surface area contributed by atoms with Crippen LogP contribution in [0.1, 0.15) is 0 Å². The van der Waals surface area contributed by atoms with E-state index in [4.69, 9.17) is 0 Å². The molecule has 0 aliphatic rings. The fourth-order valence-corrected chi connectivity index (χ4v) is 2.03. The van der Waals surface area contributed by atoms with E-state index in [0.29, 0.717) is 3.57 Å². The lowest BCUT2D eigenvalue weighted by molar-refractivity contribution is -0.275. The third kappa shape index (κ3) is 3.23. The van der Waals surface area contributed by atoms with Crippen LogP contribution in [-0.4, -0.2) is 11.3 Å². The van der Waals surface area contributed by atoms with Crippen LogP contribution < -0.4 is 4.74 Å². The van der Waals surface area contributed by atoms with Crippen LogP contribution in [0.5, 0.6) is 5.75 Å². The number of ether oxygens (including phenoxy) is 1. The van der Waals surface area contributed by atoms with E-state index in [2.05, 4.69) is 41.6 Å². The largest absolute Gasteiger partial charge is 0.573 e.